The Morgan fingerprint density at radius 3 is 2.77 bits per heavy atom. The molecule has 0 N–H and O–H groups in total. The van der Waals surface area contributed by atoms with Gasteiger partial charge in [0.25, 0.3) is 5.91 Å². The maximum Gasteiger partial charge on any atom is 0.272 e. The first-order chi connectivity index (χ1) is 14.5. The van der Waals surface area contributed by atoms with E-state index >= 15 is 0 Å². The Bertz CT molecular complexity index is 1170. The summed E-state index contributed by atoms with van der Waals surface area (Å²) in [5.74, 6) is 0.0483. The van der Waals surface area contributed by atoms with Gasteiger partial charge in [-0.2, -0.15) is 0 Å². The van der Waals surface area contributed by atoms with Crippen LogP contribution >= 0.6 is 0 Å². The molecule has 30 heavy (non-hydrogen) atoms. The molecule has 0 spiro atoms. The van der Waals surface area contributed by atoms with Crippen molar-refractivity contribution < 1.29 is 14.3 Å². The number of fused-ring (bicyclic) bond motifs is 2. The lowest BCUT2D eigenvalue weighted by Crippen LogP contribution is -2.54. The zero-order valence-electron chi connectivity index (χ0n) is 17.0. The number of ether oxygens (including phenoxy) is 1. The number of aryl methyl sites for hydroxylation is 1. The molecule has 152 valence electrons. The molecule has 0 atom stereocenters. The number of carbonyl (C=O) groups excluding carboxylic acids is 2. The van der Waals surface area contributed by atoms with E-state index in [4.69, 9.17) is 9.72 Å². The predicted octanol–water partition coefficient (Wildman–Crippen LogP) is 2.68. The van der Waals surface area contributed by atoms with Gasteiger partial charge in [0, 0.05) is 62.7 Å². The normalized spacial score (nSPS) is 16.5. The summed E-state index contributed by atoms with van der Waals surface area (Å²) in [6.07, 6.45) is 4.88. The van der Waals surface area contributed by atoms with Gasteiger partial charge in [0.15, 0.2) is 0 Å². The molecule has 0 bridgehead atoms. The summed E-state index contributed by atoms with van der Waals surface area (Å²) in [4.78, 5) is 37.3. The number of methoxy groups -OCH3 is 1. The summed E-state index contributed by atoms with van der Waals surface area (Å²) in [6, 6.07) is 9.71. The van der Waals surface area contributed by atoms with Crippen molar-refractivity contribution in [3.63, 3.8) is 0 Å². The lowest BCUT2D eigenvalue weighted by Gasteiger charge is -2.37. The average molecular weight is 402 g/mol. The van der Waals surface area contributed by atoms with E-state index in [1.807, 2.05) is 25.2 Å². The van der Waals surface area contributed by atoms with Crippen LogP contribution in [-0.2, 0) is 16.0 Å². The van der Waals surface area contributed by atoms with Crippen LogP contribution in [-0.4, -0.2) is 60.0 Å². The third-order valence-electron chi connectivity index (χ3n) is 6.02. The fourth-order valence-electron chi connectivity index (χ4n) is 4.11. The fraction of sp³-hybridized carbons (Fsp3) is 0.304. The quantitative estimate of drug-likeness (QED) is 0.673. The van der Waals surface area contributed by atoms with E-state index in [0.717, 1.165) is 39.7 Å². The summed E-state index contributed by atoms with van der Waals surface area (Å²) in [5, 5.41) is 0.882. The zero-order valence-corrected chi connectivity index (χ0v) is 17.0. The van der Waals surface area contributed by atoms with E-state index < -0.39 is 0 Å². The van der Waals surface area contributed by atoms with Gasteiger partial charge in [0.1, 0.15) is 5.69 Å². The number of pyridine rings is 2. The Balaban J connectivity index is 1.54. The number of benzene rings is 1. The van der Waals surface area contributed by atoms with Crippen LogP contribution in [0.5, 0.6) is 0 Å². The molecular formula is C23H22N4O3. The van der Waals surface area contributed by atoms with Crippen LogP contribution in [0.15, 0.2) is 42.7 Å². The van der Waals surface area contributed by atoms with Crippen molar-refractivity contribution in [3.8, 4) is 11.1 Å². The number of amides is 2. The maximum atomic E-state index is 12.8. The largest absolute Gasteiger partial charge is 0.378 e. The second-order valence-corrected chi connectivity index (χ2v) is 7.82. The summed E-state index contributed by atoms with van der Waals surface area (Å²) >= 11 is 0. The molecule has 1 aromatic carbocycles. The number of likely N-dealkylation sites (tertiary alicyclic amines) is 1. The van der Waals surface area contributed by atoms with Gasteiger partial charge in [-0.15, -0.1) is 0 Å². The molecular weight excluding hydrogens is 380 g/mol. The lowest BCUT2D eigenvalue weighted by atomic mass is 9.96. The highest BCUT2D eigenvalue weighted by atomic mass is 16.5. The Morgan fingerprint density at radius 1 is 1.13 bits per heavy atom. The average Bonchev–Trinajstić information content (AvgIpc) is 2.74. The number of carbonyl (C=O) groups is 2. The number of hydrogen-bond donors (Lipinski definition) is 0. The summed E-state index contributed by atoms with van der Waals surface area (Å²) in [6.45, 7) is 1.19. The van der Waals surface area contributed by atoms with Gasteiger partial charge in [-0.1, -0.05) is 6.07 Å². The number of rotatable bonds is 3. The molecule has 2 aliphatic rings. The maximum absolute atomic E-state index is 12.8. The minimum Gasteiger partial charge on any atom is -0.378 e. The monoisotopic (exact) mass is 402 g/mol. The van der Waals surface area contributed by atoms with Gasteiger partial charge in [0.05, 0.1) is 11.6 Å². The standard InChI is InChI=1S/C23H22N4O3/c1-26-20-7-4-14(9-15(20)5-8-21(26)28)18-11-24-10-16-3-6-19(25-22(16)18)23(29)27-12-17(13-27)30-2/h3-4,6-7,9-11,17H,5,8,12-13H2,1-2H3. The summed E-state index contributed by atoms with van der Waals surface area (Å²) in [5.41, 5.74) is 5.10. The van der Waals surface area contributed by atoms with Crippen LogP contribution in [0.1, 0.15) is 22.5 Å². The molecule has 0 radical (unpaired) electrons. The van der Waals surface area contributed by atoms with Crippen LogP contribution in [0, 0.1) is 0 Å². The Hall–Kier alpha value is -3.32. The van der Waals surface area contributed by atoms with Crippen LogP contribution in [0.25, 0.3) is 22.0 Å². The van der Waals surface area contributed by atoms with Crippen molar-refractivity contribution >= 4 is 28.4 Å². The van der Waals surface area contributed by atoms with Crippen molar-refractivity contribution in [2.24, 2.45) is 0 Å². The molecule has 0 aliphatic carbocycles. The van der Waals surface area contributed by atoms with Gasteiger partial charge in [-0.25, -0.2) is 4.98 Å². The minimum atomic E-state index is -0.0847. The molecule has 7 heteroatoms. The zero-order chi connectivity index (χ0) is 20.8. The molecule has 3 aromatic rings. The van der Waals surface area contributed by atoms with E-state index in [0.29, 0.717) is 25.2 Å². The van der Waals surface area contributed by atoms with Gasteiger partial charge in [0.2, 0.25) is 5.91 Å². The van der Waals surface area contributed by atoms with E-state index in [1.54, 1.807) is 35.4 Å². The fourth-order valence-corrected chi connectivity index (χ4v) is 4.11. The number of nitrogens with zero attached hydrogens (tertiary/aromatic N) is 4. The SMILES string of the molecule is COC1CN(C(=O)c2ccc3cncc(-c4ccc5c(c4)CCC(=O)N5C)c3n2)C1. The van der Waals surface area contributed by atoms with Crippen molar-refractivity contribution in [2.45, 2.75) is 18.9 Å². The van der Waals surface area contributed by atoms with Crippen LogP contribution in [0.2, 0.25) is 0 Å². The number of aromatic nitrogens is 2. The molecule has 2 amide bonds. The van der Waals surface area contributed by atoms with E-state index in [1.165, 1.54) is 0 Å². The van der Waals surface area contributed by atoms with Crippen molar-refractivity contribution in [2.75, 3.05) is 32.1 Å². The first-order valence-electron chi connectivity index (χ1n) is 10.0. The Kier molecular flexibility index (Phi) is 4.47. The smallest absolute Gasteiger partial charge is 0.272 e. The van der Waals surface area contributed by atoms with Gasteiger partial charge in [-0.3, -0.25) is 14.6 Å². The third-order valence-corrected chi connectivity index (χ3v) is 6.02. The second kappa shape index (κ2) is 7.18. The Labute approximate surface area is 174 Å². The van der Waals surface area contributed by atoms with E-state index in [9.17, 15) is 9.59 Å². The van der Waals surface area contributed by atoms with E-state index in [2.05, 4.69) is 11.1 Å². The molecule has 0 saturated carbocycles. The topological polar surface area (TPSA) is 75.6 Å². The predicted molar refractivity (Wildman–Crippen MR) is 113 cm³/mol. The molecule has 1 saturated heterocycles. The Morgan fingerprint density at radius 2 is 1.97 bits per heavy atom. The first-order valence-corrected chi connectivity index (χ1v) is 10.0. The van der Waals surface area contributed by atoms with Gasteiger partial charge >= 0.3 is 0 Å². The summed E-state index contributed by atoms with van der Waals surface area (Å²) in [7, 11) is 3.47. The van der Waals surface area contributed by atoms with Crippen LogP contribution in [0.4, 0.5) is 5.69 Å². The van der Waals surface area contributed by atoms with Crippen molar-refractivity contribution in [3.05, 3.63) is 54.0 Å². The minimum absolute atomic E-state index is 0.0847. The molecule has 1 fully saturated rings. The number of anilines is 1. The molecule has 0 unspecified atom stereocenters. The van der Waals surface area contributed by atoms with Crippen molar-refractivity contribution in [1.82, 2.24) is 14.9 Å². The van der Waals surface area contributed by atoms with Crippen molar-refractivity contribution in [1.29, 1.82) is 0 Å². The number of hydrogen-bond acceptors (Lipinski definition) is 5. The third kappa shape index (κ3) is 3.02. The summed E-state index contributed by atoms with van der Waals surface area (Å²) < 4.78 is 5.26. The molecule has 2 aliphatic heterocycles. The molecule has 7 nitrogen and oxygen atoms in total. The second-order valence-electron chi connectivity index (χ2n) is 7.82. The lowest BCUT2D eigenvalue weighted by molar-refractivity contribution is -0.118. The van der Waals surface area contributed by atoms with Crippen LogP contribution in [0.3, 0.4) is 0 Å². The highest BCUT2D eigenvalue weighted by Gasteiger charge is 2.32. The molecule has 5 rings (SSSR count). The van der Waals surface area contributed by atoms with Gasteiger partial charge in [-0.05, 0) is 41.8 Å². The highest BCUT2D eigenvalue weighted by molar-refractivity contribution is 6.00. The first kappa shape index (κ1) is 18.7. The molecule has 2 aromatic heterocycles. The van der Waals surface area contributed by atoms with E-state index in [-0.39, 0.29) is 17.9 Å². The molecule has 4 heterocycles. The highest BCUT2D eigenvalue weighted by Crippen LogP contribution is 2.33. The van der Waals surface area contributed by atoms with Gasteiger partial charge < -0.3 is 14.5 Å². The van der Waals surface area contributed by atoms with Crippen LogP contribution < -0.4 is 4.90 Å².